The zero-order valence-electron chi connectivity index (χ0n) is 14.8. The Morgan fingerprint density at radius 1 is 1.31 bits per heavy atom. The first-order valence-corrected chi connectivity index (χ1v) is 8.39. The van der Waals surface area contributed by atoms with Crippen LogP contribution in [-0.2, 0) is 16.7 Å². The zero-order valence-corrected chi connectivity index (χ0v) is 14.8. The number of ether oxygens (including phenoxy) is 1. The van der Waals surface area contributed by atoms with Gasteiger partial charge >= 0.3 is 6.18 Å². The van der Waals surface area contributed by atoms with Gasteiger partial charge in [0.25, 0.3) is 6.02 Å². The van der Waals surface area contributed by atoms with Crippen molar-refractivity contribution in [2.24, 2.45) is 10.7 Å². The quantitative estimate of drug-likeness (QED) is 0.621. The van der Waals surface area contributed by atoms with E-state index in [9.17, 15) is 22.4 Å². The number of amidine groups is 1. The lowest BCUT2D eigenvalue weighted by Gasteiger charge is -2.35. The molecule has 2 heterocycles. The number of Topliss-reactive ketones (excluding diaryl/α,β-unsaturated/α-hetero) is 1. The van der Waals surface area contributed by atoms with Crippen molar-refractivity contribution in [2.45, 2.75) is 24.6 Å². The van der Waals surface area contributed by atoms with Gasteiger partial charge in [0.15, 0.2) is 11.3 Å². The molecule has 0 bridgehead atoms. The number of alkyl halides is 3. The second kappa shape index (κ2) is 7.50. The van der Waals surface area contributed by atoms with E-state index in [2.05, 4.69) is 9.98 Å². The molecule has 1 atom stereocenters. The van der Waals surface area contributed by atoms with Crippen LogP contribution in [0.1, 0.15) is 33.6 Å². The Morgan fingerprint density at radius 2 is 2.07 bits per heavy atom. The number of nitrogens with two attached hydrogens (primary N) is 1. The number of halogens is 4. The molecule has 3 rings (SSSR count). The lowest BCUT2D eigenvalue weighted by atomic mass is 9.84. The highest BCUT2D eigenvalue weighted by atomic mass is 19.4. The van der Waals surface area contributed by atoms with Gasteiger partial charge in [0.1, 0.15) is 17.6 Å². The monoisotopic (exact) mass is 406 g/mol. The van der Waals surface area contributed by atoms with Crippen LogP contribution in [0, 0.1) is 17.1 Å². The fourth-order valence-electron chi connectivity index (χ4n) is 3.03. The van der Waals surface area contributed by atoms with Crippen molar-refractivity contribution in [3.8, 4) is 6.07 Å². The predicted molar refractivity (Wildman–Crippen MR) is 93.3 cm³/mol. The highest BCUT2D eigenvalue weighted by Gasteiger charge is 2.59. The summed E-state index contributed by atoms with van der Waals surface area (Å²) in [4.78, 5) is 19.6. The number of aromatic nitrogens is 1. The minimum atomic E-state index is -4.93. The van der Waals surface area contributed by atoms with Crippen LogP contribution in [-0.4, -0.2) is 29.6 Å². The molecule has 29 heavy (non-hydrogen) atoms. The van der Waals surface area contributed by atoms with Crippen molar-refractivity contribution in [3.63, 3.8) is 0 Å². The molecule has 6 nitrogen and oxygen atoms in total. The Bertz CT molecular complexity index is 1010. The molecule has 0 aliphatic carbocycles. The molecule has 1 aromatic carbocycles. The molecule has 0 fully saturated rings. The highest BCUT2D eigenvalue weighted by Crippen LogP contribution is 2.47. The minimum Gasteiger partial charge on any atom is -0.465 e. The number of benzene rings is 1. The summed E-state index contributed by atoms with van der Waals surface area (Å²) >= 11 is 0. The molecule has 1 aliphatic rings. The lowest BCUT2D eigenvalue weighted by Crippen LogP contribution is -2.47. The third-order valence-electron chi connectivity index (χ3n) is 4.50. The van der Waals surface area contributed by atoms with Crippen LogP contribution >= 0.6 is 0 Å². The van der Waals surface area contributed by atoms with Crippen molar-refractivity contribution in [2.75, 3.05) is 6.61 Å². The Kier molecular flexibility index (Phi) is 5.24. The third-order valence-corrected chi connectivity index (χ3v) is 4.50. The van der Waals surface area contributed by atoms with Crippen LogP contribution in [0.15, 0.2) is 41.5 Å². The first kappa shape index (κ1) is 20.3. The maximum atomic E-state index is 14.4. The van der Waals surface area contributed by atoms with E-state index in [1.165, 1.54) is 24.4 Å². The summed E-state index contributed by atoms with van der Waals surface area (Å²) in [6.45, 7) is -0.382. The topological polar surface area (TPSA) is 101 Å². The van der Waals surface area contributed by atoms with Crippen LogP contribution in [0.5, 0.6) is 0 Å². The molecule has 0 spiro atoms. The summed E-state index contributed by atoms with van der Waals surface area (Å²) in [6, 6.07) is 6.96. The SMILES string of the molecule is N#Cc1ccc(C(=O)Cc2ccc(F)c(C3(C(F)(F)F)CCOC(N)=N3)c2)nc1. The van der Waals surface area contributed by atoms with E-state index in [4.69, 9.17) is 15.7 Å². The van der Waals surface area contributed by atoms with E-state index in [0.717, 1.165) is 12.1 Å². The highest BCUT2D eigenvalue weighted by molar-refractivity contribution is 5.95. The summed E-state index contributed by atoms with van der Waals surface area (Å²) in [6.07, 6.45) is -4.68. The van der Waals surface area contributed by atoms with Crippen molar-refractivity contribution in [3.05, 3.63) is 64.7 Å². The van der Waals surface area contributed by atoms with Gasteiger partial charge < -0.3 is 10.5 Å². The minimum absolute atomic E-state index is 0.0359. The molecule has 1 aromatic heterocycles. The number of rotatable bonds is 4. The number of hydrogen-bond donors (Lipinski definition) is 1. The summed E-state index contributed by atoms with van der Waals surface area (Å²) < 4.78 is 60.8. The lowest BCUT2D eigenvalue weighted by molar-refractivity contribution is -0.196. The van der Waals surface area contributed by atoms with Gasteiger partial charge in [-0.05, 0) is 29.8 Å². The second-order valence-electron chi connectivity index (χ2n) is 6.36. The number of carbonyl (C=O) groups excluding carboxylic acids is 1. The first-order chi connectivity index (χ1) is 13.7. The number of nitriles is 1. The maximum Gasteiger partial charge on any atom is 0.418 e. The molecule has 0 saturated carbocycles. The number of ketones is 1. The molecule has 0 amide bonds. The Labute approximate surface area is 162 Å². The van der Waals surface area contributed by atoms with E-state index in [1.54, 1.807) is 0 Å². The molecular weight excluding hydrogens is 392 g/mol. The largest absolute Gasteiger partial charge is 0.465 e. The fourth-order valence-corrected chi connectivity index (χ4v) is 3.03. The van der Waals surface area contributed by atoms with Gasteiger partial charge in [0.2, 0.25) is 0 Å². The van der Waals surface area contributed by atoms with Crippen molar-refractivity contribution in [1.29, 1.82) is 5.26 Å². The van der Waals surface area contributed by atoms with Gasteiger partial charge in [0.05, 0.1) is 12.2 Å². The summed E-state index contributed by atoms with van der Waals surface area (Å²) in [7, 11) is 0. The molecule has 10 heteroatoms. The first-order valence-electron chi connectivity index (χ1n) is 8.39. The molecule has 0 radical (unpaired) electrons. The third kappa shape index (κ3) is 3.89. The average molecular weight is 406 g/mol. The van der Waals surface area contributed by atoms with E-state index >= 15 is 0 Å². The van der Waals surface area contributed by atoms with E-state index in [-0.39, 0.29) is 29.8 Å². The molecule has 150 valence electrons. The number of aliphatic imine (C=N–C) groups is 1. The van der Waals surface area contributed by atoms with Crippen molar-refractivity contribution >= 4 is 11.8 Å². The smallest absolute Gasteiger partial charge is 0.418 e. The summed E-state index contributed by atoms with van der Waals surface area (Å²) in [5, 5.41) is 8.76. The van der Waals surface area contributed by atoms with E-state index in [1.807, 2.05) is 6.07 Å². The maximum absolute atomic E-state index is 14.4. The molecule has 2 N–H and O–H groups in total. The number of carbonyl (C=O) groups is 1. The molecule has 1 unspecified atom stereocenters. The summed E-state index contributed by atoms with van der Waals surface area (Å²) in [5.74, 6) is -1.61. The van der Waals surface area contributed by atoms with Crippen molar-refractivity contribution < 1.29 is 27.1 Å². The molecular formula is C19H14F4N4O2. The molecule has 1 aliphatic heterocycles. The Hall–Kier alpha value is -3.48. The van der Waals surface area contributed by atoms with Gasteiger partial charge in [-0.2, -0.15) is 18.4 Å². The van der Waals surface area contributed by atoms with Crippen LogP contribution in [0.2, 0.25) is 0 Å². The Morgan fingerprint density at radius 3 is 2.66 bits per heavy atom. The van der Waals surface area contributed by atoms with Gasteiger partial charge in [-0.25, -0.2) is 9.38 Å². The van der Waals surface area contributed by atoms with E-state index < -0.39 is 41.3 Å². The zero-order chi connectivity index (χ0) is 21.2. The van der Waals surface area contributed by atoms with Crippen LogP contribution in [0.3, 0.4) is 0 Å². The van der Waals surface area contributed by atoms with Gasteiger partial charge in [0, 0.05) is 24.6 Å². The molecule has 2 aromatic rings. The molecule has 0 saturated heterocycles. The number of hydrogen-bond acceptors (Lipinski definition) is 6. The number of nitrogens with zero attached hydrogens (tertiary/aromatic N) is 3. The Balaban J connectivity index is 1.98. The van der Waals surface area contributed by atoms with Crippen molar-refractivity contribution in [1.82, 2.24) is 4.98 Å². The van der Waals surface area contributed by atoms with E-state index in [0.29, 0.717) is 0 Å². The normalized spacial score (nSPS) is 19.1. The van der Waals surface area contributed by atoms with Gasteiger partial charge in [-0.15, -0.1) is 0 Å². The van der Waals surface area contributed by atoms with Crippen LogP contribution in [0.25, 0.3) is 0 Å². The van der Waals surface area contributed by atoms with Crippen LogP contribution < -0.4 is 5.73 Å². The summed E-state index contributed by atoms with van der Waals surface area (Å²) in [5.41, 5.74) is 2.15. The van der Waals surface area contributed by atoms with Crippen LogP contribution in [0.4, 0.5) is 17.6 Å². The number of pyridine rings is 1. The second-order valence-corrected chi connectivity index (χ2v) is 6.36. The standard InChI is InChI=1S/C19H14F4N4O2/c20-14-3-1-11(8-16(28)15-4-2-12(9-24)10-26-15)7-13(14)18(19(21,22)23)5-6-29-17(25)27-18/h1-4,7,10H,5-6,8H2,(H2,25,27). The predicted octanol–water partition coefficient (Wildman–Crippen LogP) is 3.01. The fraction of sp³-hybridized carbons (Fsp3) is 0.263. The van der Waals surface area contributed by atoms with Gasteiger partial charge in [-0.1, -0.05) is 6.07 Å². The van der Waals surface area contributed by atoms with Gasteiger partial charge in [-0.3, -0.25) is 9.78 Å². The average Bonchev–Trinajstić information content (AvgIpc) is 2.68.